The fourth-order valence-corrected chi connectivity index (χ4v) is 12.1. The van der Waals surface area contributed by atoms with Crippen LogP contribution in [0.4, 0.5) is 0 Å². The monoisotopic (exact) mass is 692 g/mol. The van der Waals surface area contributed by atoms with Gasteiger partial charge in [0.25, 0.3) is 0 Å². The fourth-order valence-electron chi connectivity index (χ4n) is 4.33. The van der Waals surface area contributed by atoms with Crippen molar-refractivity contribution in [3.63, 3.8) is 0 Å². The van der Waals surface area contributed by atoms with Crippen LogP contribution in [0.1, 0.15) is 182 Å². The minimum atomic E-state index is 0.0377. The van der Waals surface area contributed by atoms with Crippen LogP contribution in [0.25, 0.3) is 0 Å². The molecule has 0 aliphatic carbocycles. The standard InChI is InChI=1S/2C12H25.2C4H9.2Sn/c2*1-3-5-7-9-11-12-10-8-6-4-2;2*1-3-4-2;;/h2*1,3-12H2,2H3;2*1,3-4H2,2H3;;. The first-order valence-electron chi connectivity index (χ1n) is 16.2. The molecule has 0 aromatic rings. The van der Waals surface area contributed by atoms with Gasteiger partial charge >= 0.3 is 242 Å². The zero-order valence-corrected chi connectivity index (χ0v) is 30.5. The van der Waals surface area contributed by atoms with Crippen molar-refractivity contribution in [3.8, 4) is 0 Å². The van der Waals surface area contributed by atoms with Gasteiger partial charge in [0.15, 0.2) is 0 Å². The van der Waals surface area contributed by atoms with Crippen LogP contribution in [-0.4, -0.2) is 42.3 Å². The van der Waals surface area contributed by atoms with Gasteiger partial charge in [0.1, 0.15) is 0 Å². The molecule has 34 heavy (non-hydrogen) atoms. The van der Waals surface area contributed by atoms with E-state index < -0.39 is 0 Å². The van der Waals surface area contributed by atoms with Gasteiger partial charge in [0, 0.05) is 0 Å². The summed E-state index contributed by atoms with van der Waals surface area (Å²) in [4.78, 5) is 0. The van der Waals surface area contributed by atoms with Gasteiger partial charge in [-0.3, -0.25) is 0 Å². The molecule has 0 aliphatic rings. The summed E-state index contributed by atoms with van der Waals surface area (Å²) in [5, 5.41) is 0. The molecular formula is C32H68Sn2. The van der Waals surface area contributed by atoms with E-state index in [1.54, 1.807) is 30.6 Å². The molecule has 0 rings (SSSR count). The Kier molecular flexibility index (Phi) is 43.4. The summed E-state index contributed by atoms with van der Waals surface area (Å²) in [7, 11) is 0. The quantitative estimate of drug-likeness (QED) is 0.0566. The Bertz CT molecular complexity index is 277. The van der Waals surface area contributed by atoms with Gasteiger partial charge in [-0.1, -0.05) is 0 Å². The first-order valence-corrected chi connectivity index (χ1v) is 24.3. The Labute approximate surface area is 240 Å². The van der Waals surface area contributed by atoms with Crippen molar-refractivity contribution < 1.29 is 0 Å². The predicted octanol–water partition coefficient (Wildman–Crippen LogP) is 12.5. The van der Waals surface area contributed by atoms with E-state index in [1.807, 2.05) is 0 Å². The van der Waals surface area contributed by atoms with E-state index >= 15 is 0 Å². The van der Waals surface area contributed by atoms with E-state index in [9.17, 15) is 0 Å². The molecule has 0 spiro atoms. The fraction of sp³-hybridized carbons (Fsp3) is 1.00. The zero-order valence-electron chi connectivity index (χ0n) is 24.8. The maximum absolute atomic E-state index is 2.31. The number of unbranched alkanes of at least 4 members (excludes halogenated alkanes) is 20. The normalized spacial score (nSPS) is 10.9. The summed E-state index contributed by atoms with van der Waals surface area (Å²) in [5.74, 6) is 0. The second-order valence-electron chi connectivity index (χ2n) is 10.6. The van der Waals surface area contributed by atoms with E-state index in [0.29, 0.717) is 0 Å². The molecule has 0 amide bonds. The Morgan fingerprint density at radius 3 is 0.706 bits per heavy atom. The van der Waals surface area contributed by atoms with Gasteiger partial charge in [-0.2, -0.15) is 0 Å². The summed E-state index contributed by atoms with van der Waals surface area (Å²) in [6.45, 7) is 9.19. The third-order valence-corrected chi connectivity index (χ3v) is 14.9. The maximum atomic E-state index is 2.31. The average Bonchev–Trinajstić information content (AvgIpc) is 2.85. The van der Waals surface area contributed by atoms with Crippen molar-refractivity contribution in [3.05, 3.63) is 0 Å². The topological polar surface area (TPSA) is 0 Å². The molecule has 0 aromatic carbocycles. The average molecular weight is 690 g/mol. The molecule has 0 aromatic heterocycles. The molecular weight excluding hydrogens is 622 g/mol. The number of hydrogen-bond donors (Lipinski definition) is 0. The summed E-state index contributed by atoms with van der Waals surface area (Å²) in [6.07, 6.45) is 35.7. The van der Waals surface area contributed by atoms with Crippen molar-refractivity contribution >= 4 is 42.3 Å². The van der Waals surface area contributed by atoms with E-state index in [4.69, 9.17) is 0 Å². The second kappa shape index (κ2) is 39.1. The third-order valence-electron chi connectivity index (χ3n) is 6.83. The molecule has 0 unspecified atom stereocenters. The van der Waals surface area contributed by atoms with Gasteiger partial charge < -0.3 is 0 Å². The van der Waals surface area contributed by atoms with E-state index in [-0.39, 0.29) is 42.3 Å². The van der Waals surface area contributed by atoms with Crippen LogP contribution in [0.3, 0.4) is 0 Å². The Balaban J connectivity index is 0. The first kappa shape index (κ1) is 37.7. The molecule has 0 fully saturated rings. The van der Waals surface area contributed by atoms with Crippen LogP contribution < -0.4 is 0 Å². The van der Waals surface area contributed by atoms with Gasteiger partial charge in [-0.25, -0.2) is 0 Å². The SMILES string of the molecule is CCCCCCCCCCC[CH2][Sn][CH2]CCCCCCCCCCC.CCC[CH2][Sn][CH2]CCC. The second-order valence-corrected chi connectivity index (χ2v) is 19.1. The van der Waals surface area contributed by atoms with Crippen LogP contribution in [0.15, 0.2) is 0 Å². The van der Waals surface area contributed by atoms with E-state index in [0.717, 1.165) is 0 Å². The molecule has 0 atom stereocenters. The molecule has 0 aliphatic heterocycles. The molecule has 0 saturated heterocycles. The molecule has 4 radical (unpaired) electrons. The van der Waals surface area contributed by atoms with Crippen LogP contribution in [0, 0.1) is 0 Å². The van der Waals surface area contributed by atoms with Crippen molar-refractivity contribution in [2.45, 2.75) is 200 Å². The Morgan fingerprint density at radius 1 is 0.235 bits per heavy atom. The van der Waals surface area contributed by atoms with Crippen LogP contribution in [0.2, 0.25) is 17.7 Å². The van der Waals surface area contributed by atoms with Crippen LogP contribution in [0.5, 0.6) is 0 Å². The first-order chi connectivity index (χ1) is 16.8. The number of rotatable bonds is 28. The summed E-state index contributed by atoms with van der Waals surface area (Å²) < 4.78 is 6.58. The molecule has 0 heterocycles. The Hall–Kier alpha value is 1.60. The van der Waals surface area contributed by atoms with Gasteiger partial charge in [0.05, 0.1) is 0 Å². The van der Waals surface area contributed by atoms with Crippen molar-refractivity contribution in [1.82, 2.24) is 0 Å². The van der Waals surface area contributed by atoms with Crippen molar-refractivity contribution in [2.75, 3.05) is 0 Å². The zero-order chi connectivity index (χ0) is 25.2. The predicted molar refractivity (Wildman–Crippen MR) is 164 cm³/mol. The van der Waals surface area contributed by atoms with Crippen molar-refractivity contribution in [1.29, 1.82) is 0 Å². The van der Waals surface area contributed by atoms with Crippen LogP contribution in [-0.2, 0) is 0 Å². The Morgan fingerprint density at radius 2 is 0.441 bits per heavy atom. The van der Waals surface area contributed by atoms with Crippen LogP contribution >= 0.6 is 0 Å². The third kappa shape index (κ3) is 40.8. The molecule has 0 saturated carbocycles. The van der Waals surface area contributed by atoms with Gasteiger partial charge in [-0.05, 0) is 0 Å². The molecule has 0 bridgehead atoms. The molecule has 0 N–H and O–H groups in total. The minimum absolute atomic E-state index is 0.0377. The number of hydrogen-bond acceptors (Lipinski definition) is 0. The molecule has 2 heteroatoms. The van der Waals surface area contributed by atoms with Gasteiger partial charge in [-0.15, -0.1) is 0 Å². The van der Waals surface area contributed by atoms with Crippen molar-refractivity contribution in [2.24, 2.45) is 0 Å². The van der Waals surface area contributed by atoms with Gasteiger partial charge in [0.2, 0.25) is 0 Å². The summed E-state index contributed by atoms with van der Waals surface area (Å²) >= 11 is 0.187. The molecule has 204 valence electrons. The molecule has 0 nitrogen and oxygen atoms in total. The van der Waals surface area contributed by atoms with E-state index in [1.165, 1.54) is 141 Å². The summed E-state index contributed by atoms with van der Waals surface area (Å²) in [6, 6.07) is 0. The van der Waals surface area contributed by atoms with E-state index in [2.05, 4.69) is 27.7 Å². The summed E-state index contributed by atoms with van der Waals surface area (Å²) in [5.41, 5.74) is 0.